The number of benzene rings is 3. The Morgan fingerprint density at radius 2 is 1.63 bits per heavy atom. The molecule has 2 saturated heterocycles. The summed E-state index contributed by atoms with van der Waals surface area (Å²) in [6.07, 6.45) is 3.61. The fraction of sp³-hybridized carbons (Fsp3) is 0.341. The third-order valence-electron chi connectivity index (χ3n) is 10.4. The van der Waals surface area contributed by atoms with Gasteiger partial charge < -0.3 is 25.3 Å². The van der Waals surface area contributed by atoms with Crippen LogP contribution in [0, 0.1) is 0 Å². The first kappa shape index (κ1) is 37.7. The zero-order valence-electron chi connectivity index (χ0n) is 31.3. The summed E-state index contributed by atoms with van der Waals surface area (Å²) in [7, 11) is 0. The highest BCUT2D eigenvalue weighted by Crippen LogP contribution is 2.35. The molecule has 2 aromatic heterocycles. The second-order valence-corrected chi connectivity index (χ2v) is 14.1. The Morgan fingerprint density at radius 1 is 0.842 bits per heavy atom. The predicted molar refractivity (Wildman–Crippen MR) is 210 cm³/mol. The van der Waals surface area contributed by atoms with Crippen LogP contribution in [0.2, 0.25) is 0 Å². The van der Waals surface area contributed by atoms with Gasteiger partial charge in [0.2, 0.25) is 11.8 Å². The minimum absolute atomic E-state index is 0.0653. The van der Waals surface area contributed by atoms with Crippen molar-refractivity contribution in [2.45, 2.75) is 37.8 Å². The van der Waals surface area contributed by atoms with Crippen LogP contribution in [0.1, 0.15) is 52.4 Å². The molecular weight excluding hydrogens is 731 g/mol. The van der Waals surface area contributed by atoms with Crippen LogP contribution < -0.4 is 21.1 Å². The molecule has 0 radical (unpaired) electrons. The number of likely N-dealkylation sites (tertiary alicyclic amines) is 1. The van der Waals surface area contributed by atoms with Crippen LogP contribution in [0.5, 0.6) is 11.5 Å². The third-order valence-corrected chi connectivity index (χ3v) is 10.4. The van der Waals surface area contributed by atoms with Crippen LogP contribution in [-0.2, 0) is 19.1 Å². The molecule has 57 heavy (non-hydrogen) atoms. The van der Waals surface area contributed by atoms with Crippen molar-refractivity contribution < 1.29 is 33.4 Å². The van der Waals surface area contributed by atoms with Crippen molar-refractivity contribution >= 4 is 46.2 Å². The first-order valence-electron chi connectivity index (χ1n) is 19.1. The summed E-state index contributed by atoms with van der Waals surface area (Å²) in [4.78, 5) is 62.6. The molecule has 4 amide bonds. The summed E-state index contributed by atoms with van der Waals surface area (Å²) in [5, 5.41) is 11.2. The highest BCUT2D eigenvalue weighted by atomic mass is 16.5. The quantitative estimate of drug-likeness (QED) is 0.102. The predicted octanol–water partition coefficient (Wildman–Crippen LogP) is 4.05. The normalized spacial score (nSPS) is 18.6. The number of hydrogen-bond acceptors (Lipinski definition) is 13. The average Bonchev–Trinajstić information content (AvgIpc) is 3.74. The Kier molecular flexibility index (Phi) is 11.2. The maximum Gasteiger partial charge on any atom is 0.264 e. The van der Waals surface area contributed by atoms with Gasteiger partial charge in [-0.3, -0.25) is 34.3 Å². The van der Waals surface area contributed by atoms with Crippen LogP contribution in [0.4, 0.5) is 11.5 Å². The van der Waals surface area contributed by atoms with Crippen LogP contribution >= 0.6 is 0 Å². The van der Waals surface area contributed by atoms with Crippen molar-refractivity contribution in [2.75, 3.05) is 63.7 Å². The molecule has 4 N–H and O–H groups in total. The molecule has 5 heterocycles. The number of fused-ring (bicyclic) bond motifs is 2. The van der Waals surface area contributed by atoms with Crippen LogP contribution in [0.15, 0.2) is 79.1 Å². The van der Waals surface area contributed by atoms with Crippen molar-refractivity contribution in [3.63, 3.8) is 0 Å². The van der Waals surface area contributed by atoms with E-state index in [-0.39, 0.29) is 30.0 Å². The molecule has 294 valence electrons. The summed E-state index contributed by atoms with van der Waals surface area (Å²) >= 11 is 0. The van der Waals surface area contributed by atoms with E-state index in [1.807, 2.05) is 59.3 Å². The number of nitrogen functional groups attached to an aromatic ring is 1. The molecule has 0 aliphatic carbocycles. The largest absolute Gasteiger partial charge is 0.457 e. The van der Waals surface area contributed by atoms with Gasteiger partial charge in [-0.1, -0.05) is 24.3 Å². The van der Waals surface area contributed by atoms with E-state index in [1.54, 1.807) is 18.2 Å². The van der Waals surface area contributed by atoms with Crippen molar-refractivity contribution in [1.29, 1.82) is 0 Å². The zero-order valence-corrected chi connectivity index (χ0v) is 31.3. The van der Waals surface area contributed by atoms with Crippen molar-refractivity contribution in [2.24, 2.45) is 0 Å². The number of rotatable bonds is 15. The minimum atomic E-state index is -1.01. The number of carbonyl (C=O) groups is 4. The fourth-order valence-corrected chi connectivity index (χ4v) is 7.63. The van der Waals surface area contributed by atoms with Gasteiger partial charge in [0.25, 0.3) is 11.8 Å². The first-order chi connectivity index (χ1) is 27.9. The maximum atomic E-state index is 13.3. The van der Waals surface area contributed by atoms with Gasteiger partial charge in [0.1, 0.15) is 35.4 Å². The molecule has 0 bridgehead atoms. The molecule has 3 aliphatic rings. The van der Waals surface area contributed by atoms with E-state index >= 15 is 0 Å². The molecule has 2 unspecified atom stereocenters. The number of hydrogen-bond donors (Lipinski definition) is 3. The number of ether oxygens (including phenoxy) is 3. The van der Waals surface area contributed by atoms with E-state index in [0.717, 1.165) is 65.5 Å². The molecule has 3 aliphatic heterocycles. The van der Waals surface area contributed by atoms with E-state index < -0.39 is 29.7 Å². The Labute approximate surface area is 328 Å². The first-order valence-corrected chi connectivity index (χ1v) is 19.1. The Morgan fingerprint density at radius 3 is 2.44 bits per heavy atom. The number of carbonyl (C=O) groups excluding carboxylic acids is 4. The van der Waals surface area contributed by atoms with Crippen molar-refractivity contribution in [3.05, 3.63) is 90.3 Å². The van der Waals surface area contributed by atoms with Gasteiger partial charge in [-0.25, -0.2) is 14.6 Å². The Hall–Kier alpha value is -6.23. The summed E-state index contributed by atoms with van der Waals surface area (Å²) in [6, 6.07) is 21.5. The lowest BCUT2D eigenvalue weighted by Gasteiger charge is -2.32. The van der Waals surface area contributed by atoms with E-state index in [1.165, 1.54) is 6.33 Å². The van der Waals surface area contributed by atoms with Gasteiger partial charge in [0, 0.05) is 37.3 Å². The van der Waals surface area contributed by atoms with Crippen LogP contribution in [-0.4, -0.2) is 112 Å². The topological polar surface area (TPSA) is 196 Å². The van der Waals surface area contributed by atoms with Crippen LogP contribution in [0.3, 0.4) is 0 Å². The summed E-state index contributed by atoms with van der Waals surface area (Å²) in [5.41, 5.74) is 9.67. The summed E-state index contributed by atoms with van der Waals surface area (Å²) in [5.74, 6) is -0.281. The average molecular weight is 774 g/mol. The molecule has 0 spiro atoms. The number of nitrogens with one attached hydrogen (secondary N) is 2. The van der Waals surface area contributed by atoms with Gasteiger partial charge in [-0.2, -0.15) is 5.10 Å². The second kappa shape index (κ2) is 16.9. The molecule has 2 atom stereocenters. The van der Waals surface area contributed by atoms with E-state index in [0.29, 0.717) is 50.1 Å². The molecule has 2 fully saturated rings. The third kappa shape index (κ3) is 8.05. The summed E-state index contributed by atoms with van der Waals surface area (Å²) in [6.45, 7) is 4.59. The molecule has 5 aromatic rings. The van der Waals surface area contributed by atoms with E-state index in [4.69, 9.17) is 25.0 Å². The lowest BCUT2D eigenvalue weighted by molar-refractivity contribution is -0.136. The highest BCUT2D eigenvalue weighted by Gasteiger charge is 2.45. The number of anilines is 2. The molecule has 8 rings (SSSR count). The Balaban J connectivity index is 0.789. The number of amides is 4. The highest BCUT2D eigenvalue weighted by molar-refractivity contribution is 6.25. The van der Waals surface area contributed by atoms with Gasteiger partial charge >= 0.3 is 0 Å². The maximum absolute atomic E-state index is 13.3. The van der Waals surface area contributed by atoms with E-state index in [2.05, 4.69) is 25.5 Å². The lowest BCUT2D eigenvalue weighted by atomic mass is 10.0. The van der Waals surface area contributed by atoms with Crippen LogP contribution in [0.25, 0.3) is 22.3 Å². The Bertz CT molecular complexity index is 2280. The second-order valence-electron chi connectivity index (χ2n) is 14.1. The minimum Gasteiger partial charge on any atom is -0.457 e. The summed E-state index contributed by atoms with van der Waals surface area (Å²) < 4.78 is 19.7. The van der Waals surface area contributed by atoms with Crippen molar-refractivity contribution in [1.82, 2.24) is 34.9 Å². The molecule has 16 nitrogen and oxygen atoms in total. The number of nitrogens with zero attached hydrogens (tertiary/aromatic N) is 6. The number of para-hydroxylation sites is 1. The van der Waals surface area contributed by atoms with Gasteiger partial charge in [0.05, 0.1) is 49.0 Å². The molecule has 16 heteroatoms. The smallest absolute Gasteiger partial charge is 0.264 e. The van der Waals surface area contributed by atoms with E-state index in [9.17, 15) is 19.2 Å². The number of aromatic nitrogens is 4. The van der Waals surface area contributed by atoms with Gasteiger partial charge in [0.15, 0.2) is 5.65 Å². The molecule has 0 saturated carbocycles. The number of imide groups is 2. The lowest BCUT2D eigenvalue weighted by Crippen LogP contribution is -2.54. The van der Waals surface area contributed by atoms with Crippen molar-refractivity contribution in [3.8, 4) is 22.8 Å². The fourth-order valence-electron chi connectivity index (χ4n) is 7.63. The van der Waals surface area contributed by atoms with Gasteiger partial charge in [-0.05, 0) is 74.3 Å². The number of nitrogens with two attached hydrogens (primary N) is 1. The number of piperidine rings is 2. The molecule has 3 aromatic carbocycles. The monoisotopic (exact) mass is 773 g/mol. The molecular formula is C41H43N9O7. The standard InChI is InChI=1S/C41H43N9O7/c42-37-35-36(26-11-13-29(14-12-26)57-28-7-2-1-3-8-28)47-50(38(35)45-25-44-37)27-6-5-18-48(24-27)19-21-56-23-22-55-20-17-43-31-10-4-9-30-34(31)41(54)49(40(30)53)32-15-16-33(51)46-39(32)52/h1-4,7-14,25,27,32,43H,5-6,15-24H2,(H2,42,44,45)(H,46,51,52). The zero-order chi connectivity index (χ0) is 39.3. The SMILES string of the molecule is Nc1ncnc2c1c(-c1ccc(Oc3ccccc3)cc1)nn2C1CCCN(CCOCCOCCNc2cccc3c2C(=O)N(C2CCC(=O)NC2=O)C3=O)C1. The van der Waals surface area contributed by atoms with Gasteiger partial charge in [-0.15, -0.1) is 0 Å².